The summed E-state index contributed by atoms with van der Waals surface area (Å²) in [7, 11) is 9.91. The van der Waals surface area contributed by atoms with E-state index in [0.29, 0.717) is 18.9 Å². The van der Waals surface area contributed by atoms with E-state index in [1.54, 1.807) is 38.5 Å². The quantitative estimate of drug-likeness (QED) is 0.0150. The minimum atomic E-state index is -0.951. The predicted octanol–water partition coefficient (Wildman–Crippen LogP) is 12.1. The summed E-state index contributed by atoms with van der Waals surface area (Å²) in [5, 5.41) is 33.8. The molecule has 0 amide bonds. The van der Waals surface area contributed by atoms with Gasteiger partial charge in [-0.3, -0.25) is 28.9 Å². The molecule has 0 radical (unpaired) electrons. The number of likely N-dealkylation sites (N-methyl/N-ethyl adjacent to an activating group) is 1. The number of hydrogen-bond donors (Lipinski definition) is 4. The topological polar surface area (TPSA) is 165 Å². The minimum absolute atomic E-state index is 0.0736. The normalized spacial score (nSPS) is 16.3. The number of nitrogens with one attached hydrogen (secondary N) is 1. The third-order valence-corrected chi connectivity index (χ3v) is 21.1. The maximum Gasteiger partial charge on any atom is 0.311 e. The third-order valence-electron chi connectivity index (χ3n) is 18.1. The Kier molecular flexibility index (Phi) is 40.3. The molecule has 1 aliphatic heterocycles. The van der Waals surface area contributed by atoms with Gasteiger partial charge in [-0.15, -0.1) is 0 Å². The Labute approximate surface area is 488 Å². The van der Waals surface area contributed by atoms with Gasteiger partial charge in [0.1, 0.15) is 6.61 Å². The molecule has 4 N–H and O–H groups in total. The van der Waals surface area contributed by atoms with Crippen LogP contribution in [-0.4, -0.2) is 182 Å². The summed E-state index contributed by atoms with van der Waals surface area (Å²) < 4.78 is 18.4. The molecule has 16 heteroatoms. The summed E-state index contributed by atoms with van der Waals surface area (Å²) in [6, 6.07) is -0.0817. The summed E-state index contributed by atoms with van der Waals surface area (Å²) in [6.45, 7) is 36.4. The van der Waals surface area contributed by atoms with Crippen molar-refractivity contribution >= 4 is 39.7 Å². The summed E-state index contributed by atoms with van der Waals surface area (Å²) in [6.07, 6.45) is 22.6. The van der Waals surface area contributed by atoms with Gasteiger partial charge in [0, 0.05) is 86.9 Å². The fourth-order valence-corrected chi connectivity index (χ4v) is 11.9. The Morgan fingerprint density at radius 2 is 1.05 bits per heavy atom. The lowest BCUT2D eigenvalue weighted by atomic mass is 9.64. The molecule has 0 saturated carbocycles. The number of aliphatic hydroxyl groups excluding tert-OH is 3. The van der Waals surface area contributed by atoms with Gasteiger partial charge >= 0.3 is 17.9 Å². The molecule has 1 saturated heterocycles. The molecule has 0 spiro atoms. The lowest BCUT2D eigenvalue weighted by Gasteiger charge is -2.49. The zero-order valence-corrected chi connectivity index (χ0v) is 55.3. The van der Waals surface area contributed by atoms with E-state index in [-0.39, 0.29) is 36.0 Å². The Balaban J connectivity index is 0.00000154. The number of carbonyl (C=O) groups excluding carboxylic acids is 3. The van der Waals surface area contributed by atoms with Gasteiger partial charge < -0.3 is 39.3 Å². The second kappa shape index (κ2) is 40.9. The Hall–Kier alpha value is -1.21. The van der Waals surface area contributed by atoms with Gasteiger partial charge in [-0.05, 0) is 105 Å². The molecular weight excluding hydrogens is 1020 g/mol. The number of unbranched alkanes of at least 4 members (excludes halogenated alkanes) is 14. The number of rotatable bonds is 44. The number of esters is 3. The van der Waals surface area contributed by atoms with E-state index in [9.17, 15) is 29.7 Å². The molecule has 0 aromatic carbocycles. The first-order valence-electron chi connectivity index (χ1n) is 30.8. The van der Waals surface area contributed by atoms with Crippen LogP contribution in [0.25, 0.3) is 0 Å². The highest BCUT2D eigenvalue weighted by atomic mass is 33.1. The van der Waals surface area contributed by atoms with Crippen LogP contribution in [0.1, 0.15) is 225 Å². The molecule has 1 aliphatic rings. The highest BCUT2D eigenvalue weighted by Crippen LogP contribution is 2.46. The van der Waals surface area contributed by atoms with E-state index in [1.807, 2.05) is 34.7 Å². The third kappa shape index (κ3) is 29.4. The van der Waals surface area contributed by atoms with Crippen molar-refractivity contribution in [3.8, 4) is 0 Å². The monoisotopic (exact) mass is 1150 g/mol. The largest absolute Gasteiger partial charge is 0.469 e. The van der Waals surface area contributed by atoms with Gasteiger partial charge in [-0.2, -0.15) is 0 Å². The lowest BCUT2D eigenvalue weighted by molar-refractivity contribution is -0.167. The molecule has 5 unspecified atom stereocenters. The van der Waals surface area contributed by atoms with E-state index in [1.165, 1.54) is 128 Å². The first kappa shape index (κ1) is 76.8. The Morgan fingerprint density at radius 3 is 1.49 bits per heavy atom. The van der Waals surface area contributed by atoms with Crippen molar-refractivity contribution in [2.45, 2.75) is 254 Å². The lowest BCUT2D eigenvalue weighted by Crippen LogP contribution is -2.58. The van der Waals surface area contributed by atoms with Crippen molar-refractivity contribution in [1.29, 1.82) is 0 Å². The molecule has 0 bridgehead atoms. The van der Waals surface area contributed by atoms with Crippen molar-refractivity contribution in [2.75, 3.05) is 100 Å². The molecule has 464 valence electrons. The molecule has 1 rings (SSSR count). The van der Waals surface area contributed by atoms with Crippen LogP contribution in [0.15, 0.2) is 0 Å². The number of ether oxygens (including phenoxy) is 3. The second-order valence-corrected chi connectivity index (χ2v) is 28.6. The van der Waals surface area contributed by atoms with Crippen LogP contribution in [0.4, 0.5) is 0 Å². The smallest absolute Gasteiger partial charge is 0.311 e. The predicted molar refractivity (Wildman–Crippen MR) is 331 cm³/mol. The molecule has 1 fully saturated rings. The van der Waals surface area contributed by atoms with Crippen LogP contribution in [0.2, 0.25) is 0 Å². The average molecular weight is 1150 g/mol. The molecule has 78 heavy (non-hydrogen) atoms. The summed E-state index contributed by atoms with van der Waals surface area (Å²) >= 11 is 0. The zero-order chi connectivity index (χ0) is 59.6. The fraction of sp³-hybridized carbons (Fsp3) is 0.952. The van der Waals surface area contributed by atoms with Crippen LogP contribution >= 0.6 is 21.8 Å². The molecule has 14 nitrogen and oxygen atoms in total. The van der Waals surface area contributed by atoms with Crippen LogP contribution in [0.3, 0.4) is 0 Å². The molecule has 0 aliphatic carbocycles. The molecule has 5 atom stereocenters. The first-order chi connectivity index (χ1) is 36.5. The average Bonchev–Trinajstić information content (AvgIpc) is 3.38. The number of carbonyl (C=O) groups is 3. The summed E-state index contributed by atoms with van der Waals surface area (Å²) in [4.78, 5) is 46.7. The summed E-state index contributed by atoms with van der Waals surface area (Å²) in [5.41, 5.74) is -3.57. The maximum absolute atomic E-state index is 12.5. The molecule has 0 aromatic rings. The van der Waals surface area contributed by atoms with Crippen LogP contribution in [0, 0.1) is 27.6 Å². The van der Waals surface area contributed by atoms with Crippen molar-refractivity contribution < 1.29 is 43.9 Å². The van der Waals surface area contributed by atoms with E-state index >= 15 is 0 Å². The number of nitrogens with zero attached hydrogens (tertiary/aromatic N) is 4. The van der Waals surface area contributed by atoms with Crippen LogP contribution in [-0.2, 0) is 28.6 Å². The van der Waals surface area contributed by atoms with E-state index in [2.05, 4.69) is 72.9 Å². The van der Waals surface area contributed by atoms with E-state index in [0.717, 1.165) is 71.6 Å². The SMILES string of the molecule is CCCCCCCCCCC(C)CN(CCCC(=O)OCCN1CCN(C)CC1)CC(O)CCCCCCCCCC.CNSSC(C)(C)C(C)N(CC(O)C(C)(C)C(C)(C)C(=O)OC)CC(O)C(C)(C)C(C)(C)C(=O)OC. The second-order valence-electron chi connectivity index (χ2n) is 25.8. The van der Waals surface area contributed by atoms with Crippen molar-refractivity contribution in [3.05, 3.63) is 0 Å². The number of aliphatic hydroxyl groups is 3. The van der Waals surface area contributed by atoms with Gasteiger partial charge in [-0.25, -0.2) is 0 Å². The Morgan fingerprint density at radius 1 is 0.615 bits per heavy atom. The fourth-order valence-electron chi connectivity index (χ4n) is 10.0. The van der Waals surface area contributed by atoms with Gasteiger partial charge in [0.2, 0.25) is 0 Å². The molecular formula is C62H125N5O9S2. The van der Waals surface area contributed by atoms with Crippen LogP contribution < -0.4 is 4.72 Å². The standard InChI is InChI=1S/C36H73N3O3.C26H52N2O6S2/c1-5-7-9-11-13-15-17-19-22-34(3)32-39(33-35(40)23-20-18-16-14-12-10-8-6-2)25-21-24-36(41)42-31-30-38-28-26-37(4)27-29-38;1-17(26(10,11)35-36-27-12)28(15-18(29)22(2,3)24(6,7)20(31)33-13)16-19(30)23(4,5)25(8,9)21(32)34-14/h34-35,40H,5-33H2,1-4H3;17-19,27,29-30H,15-16H2,1-14H3. The number of hydrogen-bond acceptors (Lipinski definition) is 16. The zero-order valence-electron chi connectivity index (χ0n) is 53.7. The van der Waals surface area contributed by atoms with Crippen molar-refractivity contribution in [2.24, 2.45) is 27.6 Å². The highest BCUT2D eigenvalue weighted by Gasteiger charge is 2.52. The maximum atomic E-state index is 12.5. The Bertz CT molecular complexity index is 1490. The first-order valence-corrected chi connectivity index (χ1v) is 32.9. The molecule has 1 heterocycles. The van der Waals surface area contributed by atoms with Gasteiger partial charge in [0.05, 0.1) is 43.4 Å². The van der Waals surface area contributed by atoms with Gasteiger partial charge in [0.15, 0.2) is 0 Å². The van der Waals surface area contributed by atoms with Gasteiger partial charge in [-0.1, -0.05) is 162 Å². The number of methoxy groups -OCH3 is 2. The van der Waals surface area contributed by atoms with E-state index in [4.69, 9.17) is 14.2 Å². The number of piperazine rings is 1. The molecule has 0 aromatic heterocycles. The summed E-state index contributed by atoms with van der Waals surface area (Å²) in [5.74, 6) is -0.242. The van der Waals surface area contributed by atoms with Gasteiger partial charge in [0.25, 0.3) is 0 Å². The highest BCUT2D eigenvalue weighted by molar-refractivity contribution is 8.76. The van der Waals surface area contributed by atoms with Crippen LogP contribution in [0.5, 0.6) is 0 Å². The van der Waals surface area contributed by atoms with Crippen molar-refractivity contribution in [3.63, 3.8) is 0 Å². The van der Waals surface area contributed by atoms with Crippen molar-refractivity contribution in [1.82, 2.24) is 24.3 Å². The minimum Gasteiger partial charge on any atom is -0.469 e. The van der Waals surface area contributed by atoms with E-state index < -0.39 is 45.8 Å².